The van der Waals surface area contributed by atoms with E-state index in [1.165, 1.54) is 0 Å². The van der Waals surface area contributed by atoms with E-state index < -0.39 is 0 Å². The number of carbonyl (C=O) groups excluding carboxylic acids is 1. The third kappa shape index (κ3) is 3.95. The summed E-state index contributed by atoms with van der Waals surface area (Å²) in [5.41, 5.74) is 1.70. The Kier molecular flexibility index (Phi) is 7.59. The standard InChI is InChI=1S/C10H11NO3.2C2H6/c1-6-3-7-10(8(4-6)13-2)14-5-9(12)11-7;2*1-2/h3-4H,5H2,1-2H3,(H,11,12);2*1-2H3. The van der Waals surface area contributed by atoms with Gasteiger partial charge in [0.1, 0.15) is 0 Å². The molecule has 102 valence electrons. The number of fused-ring (bicyclic) bond motifs is 1. The molecule has 0 saturated carbocycles. The summed E-state index contributed by atoms with van der Waals surface area (Å²) in [4.78, 5) is 11.1. The molecule has 1 aromatic rings. The summed E-state index contributed by atoms with van der Waals surface area (Å²) in [5, 5.41) is 2.73. The fourth-order valence-electron chi connectivity index (χ4n) is 1.46. The number of anilines is 1. The summed E-state index contributed by atoms with van der Waals surface area (Å²) in [5.74, 6) is 1.13. The molecule has 1 aliphatic heterocycles. The van der Waals surface area contributed by atoms with Crippen molar-refractivity contribution in [3.8, 4) is 11.5 Å². The number of aryl methyl sites for hydroxylation is 1. The van der Waals surface area contributed by atoms with E-state index in [1.807, 2.05) is 46.8 Å². The third-order valence-electron chi connectivity index (χ3n) is 2.04. The van der Waals surface area contributed by atoms with Crippen LogP contribution in [0, 0.1) is 6.92 Å². The Labute approximate surface area is 109 Å². The van der Waals surface area contributed by atoms with Crippen molar-refractivity contribution in [2.24, 2.45) is 0 Å². The van der Waals surface area contributed by atoms with Crippen molar-refractivity contribution in [1.82, 2.24) is 0 Å². The van der Waals surface area contributed by atoms with Crippen molar-refractivity contribution in [3.05, 3.63) is 17.7 Å². The van der Waals surface area contributed by atoms with Gasteiger partial charge >= 0.3 is 0 Å². The van der Waals surface area contributed by atoms with Crippen LogP contribution in [0.5, 0.6) is 11.5 Å². The largest absolute Gasteiger partial charge is 0.493 e. The fourth-order valence-corrected chi connectivity index (χ4v) is 1.46. The van der Waals surface area contributed by atoms with Gasteiger partial charge in [-0.3, -0.25) is 4.79 Å². The number of ether oxygens (including phenoxy) is 2. The van der Waals surface area contributed by atoms with Crippen molar-refractivity contribution >= 4 is 11.6 Å². The lowest BCUT2D eigenvalue weighted by atomic mass is 10.1. The molecule has 0 bridgehead atoms. The molecule has 1 amide bonds. The number of benzene rings is 1. The number of methoxy groups -OCH3 is 1. The van der Waals surface area contributed by atoms with Crippen LogP contribution in [-0.4, -0.2) is 19.6 Å². The lowest BCUT2D eigenvalue weighted by Gasteiger charge is -2.20. The maximum atomic E-state index is 11.1. The van der Waals surface area contributed by atoms with Crippen LogP contribution in [-0.2, 0) is 4.79 Å². The van der Waals surface area contributed by atoms with E-state index >= 15 is 0 Å². The highest BCUT2D eigenvalue weighted by atomic mass is 16.5. The molecule has 1 N–H and O–H groups in total. The number of rotatable bonds is 1. The summed E-state index contributed by atoms with van der Waals surface area (Å²) in [6.45, 7) is 9.98. The van der Waals surface area contributed by atoms with Crippen molar-refractivity contribution in [2.75, 3.05) is 19.0 Å². The van der Waals surface area contributed by atoms with Crippen molar-refractivity contribution in [1.29, 1.82) is 0 Å². The highest BCUT2D eigenvalue weighted by Gasteiger charge is 2.19. The van der Waals surface area contributed by atoms with E-state index in [9.17, 15) is 4.79 Å². The molecule has 2 rings (SSSR count). The minimum Gasteiger partial charge on any atom is -0.493 e. The number of carbonyl (C=O) groups is 1. The number of nitrogens with one attached hydrogen (secondary N) is 1. The highest BCUT2D eigenvalue weighted by Crippen LogP contribution is 2.38. The maximum absolute atomic E-state index is 11.1. The van der Waals surface area contributed by atoms with Gasteiger partial charge in [0.05, 0.1) is 12.8 Å². The lowest BCUT2D eigenvalue weighted by molar-refractivity contribution is -0.118. The van der Waals surface area contributed by atoms with E-state index in [4.69, 9.17) is 9.47 Å². The second-order valence-corrected chi connectivity index (χ2v) is 3.18. The zero-order valence-electron chi connectivity index (χ0n) is 12.1. The molecule has 0 fully saturated rings. The Hall–Kier alpha value is -1.71. The van der Waals surface area contributed by atoms with Crippen LogP contribution < -0.4 is 14.8 Å². The van der Waals surface area contributed by atoms with E-state index in [1.54, 1.807) is 7.11 Å². The first-order valence-electron chi connectivity index (χ1n) is 6.32. The fraction of sp³-hybridized carbons (Fsp3) is 0.500. The molecule has 1 heterocycles. The average Bonchev–Trinajstić information content (AvgIpc) is 2.41. The number of amides is 1. The first-order valence-corrected chi connectivity index (χ1v) is 6.32. The summed E-state index contributed by atoms with van der Waals surface area (Å²) < 4.78 is 10.4. The SMILES string of the molecule is CC.CC.COc1cc(C)cc2c1OCC(=O)N2. The molecule has 0 unspecified atom stereocenters. The van der Waals surface area contributed by atoms with Gasteiger partial charge in [0.2, 0.25) is 0 Å². The second-order valence-electron chi connectivity index (χ2n) is 3.18. The van der Waals surface area contributed by atoms with Gasteiger partial charge in [-0.15, -0.1) is 0 Å². The molecule has 4 nitrogen and oxygen atoms in total. The zero-order chi connectivity index (χ0) is 14.1. The van der Waals surface area contributed by atoms with Gasteiger partial charge < -0.3 is 14.8 Å². The summed E-state index contributed by atoms with van der Waals surface area (Å²) in [6.07, 6.45) is 0. The second kappa shape index (κ2) is 8.39. The average molecular weight is 253 g/mol. The van der Waals surface area contributed by atoms with Gasteiger partial charge in [0.15, 0.2) is 18.1 Å². The van der Waals surface area contributed by atoms with Crippen LogP contribution in [0.3, 0.4) is 0 Å². The van der Waals surface area contributed by atoms with Crippen LogP contribution in [0.4, 0.5) is 5.69 Å². The molecule has 4 heteroatoms. The first kappa shape index (κ1) is 16.3. The van der Waals surface area contributed by atoms with Gasteiger partial charge in [-0.2, -0.15) is 0 Å². The van der Waals surface area contributed by atoms with Crippen molar-refractivity contribution < 1.29 is 14.3 Å². The number of hydrogen-bond donors (Lipinski definition) is 1. The molecule has 0 saturated heterocycles. The molecule has 0 aromatic heterocycles. The van der Waals surface area contributed by atoms with Gasteiger partial charge in [-0.05, 0) is 24.6 Å². The van der Waals surface area contributed by atoms with Gasteiger partial charge in [0, 0.05) is 0 Å². The quantitative estimate of drug-likeness (QED) is 0.834. The van der Waals surface area contributed by atoms with E-state index in [0.29, 0.717) is 17.2 Å². The van der Waals surface area contributed by atoms with Crippen LogP contribution in [0.1, 0.15) is 33.3 Å². The van der Waals surface area contributed by atoms with Gasteiger partial charge in [-0.1, -0.05) is 27.7 Å². The molecular weight excluding hydrogens is 230 g/mol. The highest BCUT2D eigenvalue weighted by molar-refractivity contribution is 5.96. The molecule has 1 aromatic carbocycles. The molecule has 0 spiro atoms. The maximum Gasteiger partial charge on any atom is 0.262 e. The van der Waals surface area contributed by atoms with E-state index in [-0.39, 0.29) is 12.5 Å². The predicted molar refractivity (Wildman–Crippen MR) is 74.6 cm³/mol. The Morgan fingerprint density at radius 3 is 2.39 bits per heavy atom. The molecule has 0 atom stereocenters. The van der Waals surface area contributed by atoms with Crippen LogP contribution in [0.2, 0.25) is 0 Å². The van der Waals surface area contributed by atoms with Crippen LogP contribution >= 0.6 is 0 Å². The first-order chi connectivity index (χ1) is 8.70. The monoisotopic (exact) mass is 253 g/mol. The van der Waals surface area contributed by atoms with Crippen molar-refractivity contribution in [2.45, 2.75) is 34.6 Å². The topological polar surface area (TPSA) is 47.6 Å². The molecule has 0 radical (unpaired) electrons. The number of hydrogen-bond acceptors (Lipinski definition) is 3. The summed E-state index contributed by atoms with van der Waals surface area (Å²) in [6, 6.07) is 3.73. The predicted octanol–water partition coefficient (Wildman–Crippen LogP) is 3.39. The van der Waals surface area contributed by atoms with E-state index in [0.717, 1.165) is 5.56 Å². The van der Waals surface area contributed by atoms with Gasteiger partial charge in [-0.25, -0.2) is 0 Å². The molecule has 18 heavy (non-hydrogen) atoms. The smallest absolute Gasteiger partial charge is 0.262 e. The Bertz CT molecular complexity index is 389. The normalized spacial score (nSPS) is 11.6. The Morgan fingerprint density at radius 1 is 1.22 bits per heavy atom. The van der Waals surface area contributed by atoms with Crippen LogP contribution in [0.25, 0.3) is 0 Å². The third-order valence-corrected chi connectivity index (χ3v) is 2.04. The molecule has 1 aliphatic rings. The van der Waals surface area contributed by atoms with Crippen LogP contribution in [0.15, 0.2) is 12.1 Å². The Balaban J connectivity index is 0.000000659. The zero-order valence-corrected chi connectivity index (χ0v) is 12.1. The molecular formula is C14H23NO3. The minimum absolute atomic E-state index is 0.0480. The lowest BCUT2D eigenvalue weighted by Crippen LogP contribution is -2.25. The molecule has 0 aliphatic carbocycles. The van der Waals surface area contributed by atoms with Crippen molar-refractivity contribution in [3.63, 3.8) is 0 Å². The van der Waals surface area contributed by atoms with E-state index in [2.05, 4.69) is 5.32 Å². The minimum atomic E-state index is -0.134. The Morgan fingerprint density at radius 2 is 1.83 bits per heavy atom. The summed E-state index contributed by atoms with van der Waals surface area (Å²) in [7, 11) is 1.58. The van der Waals surface area contributed by atoms with Gasteiger partial charge in [0.25, 0.3) is 5.91 Å². The summed E-state index contributed by atoms with van der Waals surface area (Å²) >= 11 is 0.